The number of fused-ring (bicyclic) bond motifs is 2. The van der Waals surface area contributed by atoms with Gasteiger partial charge in [0.2, 0.25) is 5.91 Å². The van der Waals surface area contributed by atoms with Crippen molar-refractivity contribution in [2.75, 3.05) is 14.2 Å². The van der Waals surface area contributed by atoms with Crippen LogP contribution in [0, 0.1) is 0 Å². The van der Waals surface area contributed by atoms with Crippen molar-refractivity contribution >= 4 is 11.9 Å². The van der Waals surface area contributed by atoms with Crippen LogP contribution in [0.3, 0.4) is 0 Å². The van der Waals surface area contributed by atoms with E-state index >= 15 is 0 Å². The van der Waals surface area contributed by atoms with Crippen molar-refractivity contribution in [2.24, 2.45) is 5.73 Å². The normalized spacial score (nSPS) is 14.5. The Bertz CT molecular complexity index is 1030. The van der Waals surface area contributed by atoms with E-state index in [-0.39, 0.29) is 18.9 Å². The predicted octanol–water partition coefficient (Wildman–Crippen LogP) is 2.73. The van der Waals surface area contributed by atoms with Crippen molar-refractivity contribution in [3.63, 3.8) is 0 Å². The lowest BCUT2D eigenvalue weighted by Gasteiger charge is -2.37. The Labute approximate surface area is 181 Å². The molecule has 0 spiro atoms. The number of amides is 1. The number of benzene rings is 2. The summed E-state index contributed by atoms with van der Waals surface area (Å²) in [5.41, 5.74) is 8.04. The van der Waals surface area contributed by atoms with Gasteiger partial charge in [0, 0.05) is 22.1 Å². The molecule has 1 amide bonds. The van der Waals surface area contributed by atoms with Crippen molar-refractivity contribution < 1.29 is 28.9 Å². The minimum Gasteiger partial charge on any atom is -0.496 e. The van der Waals surface area contributed by atoms with Crippen LogP contribution < -0.4 is 25.3 Å². The number of aliphatic carboxylic acids is 1. The minimum atomic E-state index is -0.992. The maximum atomic E-state index is 12.1. The van der Waals surface area contributed by atoms with Crippen LogP contribution in [0.25, 0.3) is 0 Å². The molecule has 0 fully saturated rings. The number of hydrogen-bond acceptors (Lipinski definition) is 6. The van der Waals surface area contributed by atoms with Gasteiger partial charge in [-0.3, -0.25) is 9.59 Å². The van der Waals surface area contributed by atoms with E-state index in [1.54, 1.807) is 20.1 Å². The van der Waals surface area contributed by atoms with Gasteiger partial charge < -0.3 is 30.4 Å². The molecule has 0 bridgehead atoms. The van der Waals surface area contributed by atoms with Crippen molar-refractivity contribution in [3.05, 3.63) is 46.5 Å². The van der Waals surface area contributed by atoms with E-state index in [9.17, 15) is 14.7 Å². The summed E-state index contributed by atoms with van der Waals surface area (Å²) >= 11 is 0. The van der Waals surface area contributed by atoms with E-state index in [0.29, 0.717) is 34.1 Å². The molecule has 8 heteroatoms. The highest BCUT2D eigenvalue weighted by Crippen LogP contribution is 2.53. The molecule has 166 valence electrons. The first-order valence-electron chi connectivity index (χ1n) is 9.95. The van der Waals surface area contributed by atoms with Crippen LogP contribution in [-0.4, -0.2) is 37.2 Å². The van der Waals surface area contributed by atoms with Gasteiger partial charge in [-0.2, -0.15) is 0 Å². The highest BCUT2D eigenvalue weighted by atomic mass is 16.5. The molecule has 31 heavy (non-hydrogen) atoms. The van der Waals surface area contributed by atoms with E-state index < -0.39 is 17.4 Å². The van der Waals surface area contributed by atoms with Crippen LogP contribution in [0.15, 0.2) is 24.3 Å². The Hall–Kier alpha value is -3.26. The van der Waals surface area contributed by atoms with E-state index in [2.05, 4.69) is 5.32 Å². The van der Waals surface area contributed by atoms with Crippen molar-refractivity contribution in [1.29, 1.82) is 0 Å². The first kappa shape index (κ1) is 22.4. The van der Waals surface area contributed by atoms with E-state index in [1.165, 1.54) is 7.11 Å². The number of carbonyl (C=O) groups excluding carboxylic acids is 1. The Morgan fingerprint density at radius 2 is 1.58 bits per heavy atom. The second kappa shape index (κ2) is 8.47. The molecule has 3 rings (SSSR count). The summed E-state index contributed by atoms with van der Waals surface area (Å²) in [5.74, 6) is 0.673. The Kier molecular flexibility index (Phi) is 6.13. The number of rotatable bonds is 7. The zero-order valence-electron chi connectivity index (χ0n) is 18.4. The van der Waals surface area contributed by atoms with E-state index in [0.717, 1.165) is 11.1 Å². The number of nitrogens with one attached hydrogen (secondary N) is 1. The number of carbonyl (C=O) groups is 2. The predicted molar refractivity (Wildman–Crippen MR) is 115 cm³/mol. The van der Waals surface area contributed by atoms with Gasteiger partial charge in [-0.15, -0.1) is 0 Å². The van der Waals surface area contributed by atoms with Crippen LogP contribution in [0.4, 0.5) is 0 Å². The fourth-order valence-corrected chi connectivity index (χ4v) is 3.89. The summed E-state index contributed by atoms with van der Waals surface area (Å²) in [6.45, 7) is 5.84. The first-order valence-corrected chi connectivity index (χ1v) is 9.95. The average molecular weight is 428 g/mol. The summed E-state index contributed by atoms with van der Waals surface area (Å²) in [6, 6.07) is 6.76. The van der Waals surface area contributed by atoms with Crippen molar-refractivity contribution in [3.8, 4) is 23.0 Å². The SMILES string of the molecule is COc1ccc2c(c1CNC(=O)[C@H](C)N)Oc1c(ccc(OC)c1CC(=O)O)C2(C)C. The molecule has 0 aliphatic carbocycles. The van der Waals surface area contributed by atoms with Crippen molar-refractivity contribution in [2.45, 2.75) is 45.2 Å². The largest absolute Gasteiger partial charge is 0.496 e. The second-order valence-corrected chi connectivity index (χ2v) is 8.05. The number of nitrogens with two attached hydrogens (primary N) is 1. The quantitative estimate of drug-likeness (QED) is 0.620. The van der Waals surface area contributed by atoms with Gasteiger partial charge in [-0.1, -0.05) is 26.0 Å². The van der Waals surface area contributed by atoms with Gasteiger partial charge in [-0.25, -0.2) is 0 Å². The summed E-state index contributed by atoms with van der Waals surface area (Å²) < 4.78 is 17.3. The number of carboxylic acid groups (broad SMARTS) is 1. The third kappa shape index (κ3) is 4.03. The van der Waals surface area contributed by atoms with Gasteiger partial charge in [0.15, 0.2) is 0 Å². The highest BCUT2D eigenvalue weighted by molar-refractivity contribution is 5.81. The molecule has 0 saturated heterocycles. The zero-order chi connectivity index (χ0) is 22.9. The molecule has 0 unspecified atom stereocenters. The molecule has 4 N–H and O–H groups in total. The fraction of sp³-hybridized carbons (Fsp3) is 0.391. The van der Waals surface area contributed by atoms with Crippen LogP contribution in [-0.2, 0) is 28.0 Å². The maximum absolute atomic E-state index is 12.1. The lowest BCUT2D eigenvalue weighted by atomic mass is 9.74. The Morgan fingerprint density at radius 3 is 2.06 bits per heavy atom. The Morgan fingerprint density at radius 1 is 1.06 bits per heavy atom. The first-order chi connectivity index (χ1) is 14.6. The molecule has 1 aliphatic rings. The molecule has 1 heterocycles. The molecular weight excluding hydrogens is 400 g/mol. The second-order valence-electron chi connectivity index (χ2n) is 8.05. The number of methoxy groups -OCH3 is 2. The molecule has 0 saturated carbocycles. The summed E-state index contributed by atoms with van der Waals surface area (Å²) in [6.07, 6.45) is -0.252. The molecule has 1 atom stereocenters. The molecule has 0 radical (unpaired) electrons. The smallest absolute Gasteiger partial charge is 0.308 e. The highest BCUT2D eigenvalue weighted by Gasteiger charge is 2.38. The number of ether oxygens (including phenoxy) is 3. The van der Waals surface area contributed by atoms with Crippen LogP contribution in [0.5, 0.6) is 23.0 Å². The van der Waals surface area contributed by atoms with Crippen molar-refractivity contribution in [1.82, 2.24) is 5.32 Å². The van der Waals surface area contributed by atoms with Gasteiger partial charge in [-0.05, 0) is 19.1 Å². The third-order valence-electron chi connectivity index (χ3n) is 5.61. The summed E-state index contributed by atoms with van der Waals surface area (Å²) in [5, 5.41) is 12.3. The molecule has 0 aromatic heterocycles. The van der Waals surface area contributed by atoms with Gasteiger partial charge in [0.25, 0.3) is 0 Å². The molecule has 2 aromatic carbocycles. The summed E-state index contributed by atoms with van der Waals surface area (Å²) in [4.78, 5) is 23.6. The fourth-order valence-electron chi connectivity index (χ4n) is 3.89. The minimum absolute atomic E-state index is 0.149. The average Bonchev–Trinajstić information content (AvgIpc) is 2.71. The maximum Gasteiger partial charge on any atom is 0.308 e. The number of carboxylic acids is 1. The van der Waals surface area contributed by atoms with Crippen LogP contribution >= 0.6 is 0 Å². The van der Waals surface area contributed by atoms with Crippen LogP contribution in [0.2, 0.25) is 0 Å². The van der Waals surface area contributed by atoms with Gasteiger partial charge >= 0.3 is 5.97 Å². The van der Waals surface area contributed by atoms with Gasteiger partial charge in [0.05, 0.1) is 38.8 Å². The van der Waals surface area contributed by atoms with Crippen LogP contribution in [0.1, 0.15) is 43.0 Å². The van der Waals surface area contributed by atoms with E-state index in [4.69, 9.17) is 19.9 Å². The molecule has 8 nitrogen and oxygen atoms in total. The summed E-state index contributed by atoms with van der Waals surface area (Å²) in [7, 11) is 3.03. The number of hydrogen-bond donors (Lipinski definition) is 3. The van der Waals surface area contributed by atoms with Gasteiger partial charge in [0.1, 0.15) is 23.0 Å². The molecule has 2 aromatic rings. The van der Waals surface area contributed by atoms with E-state index in [1.807, 2.05) is 32.0 Å². The monoisotopic (exact) mass is 428 g/mol. The molecular formula is C23H28N2O6. The Balaban J connectivity index is 2.19. The topological polar surface area (TPSA) is 120 Å². The lowest BCUT2D eigenvalue weighted by Crippen LogP contribution is -2.38. The molecule has 1 aliphatic heterocycles. The lowest BCUT2D eigenvalue weighted by molar-refractivity contribution is -0.136. The standard InChI is InChI=1S/C23H28N2O6/c1-12(24)22(28)25-11-14-18(30-5)9-7-16-21(14)31-20-13(10-19(26)27)17(29-4)8-6-15(20)23(16,2)3/h6-9,12H,10-11,24H2,1-5H3,(H,25,28)(H,26,27)/t12-/m0/s1. The third-order valence-corrected chi connectivity index (χ3v) is 5.61. The zero-order valence-corrected chi connectivity index (χ0v) is 18.4.